The molecule has 4 rings (SSSR count). The van der Waals surface area contributed by atoms with Gasteiger partial charge in [0.05, 0.1) is 18.7 Å². The van der Waals surface area contributed by atoms with Crippen LogP contribution in [-0.2, 0) is 16.1 Å². The molecule has 2 fully saturated rings. The average molecular weight is 433 g/mol. The van der Waals surface area contributed by atoms with E-state index in [-0.39, 0.29) is 5.91 Å². The molecule has 0 saturated carbocycles. The molecule has 0 unspecified atom stereocenters. The van der Waals surface area contributed by atoms with Crippen LogP contribution in [0, 0.1) is 0 Å². The van der Waals surface area contributed by atoms with Crippen LogP contribution in [0.25, 0.3) is 5.57 Å². The Morgan fingerprint density at radius 1 is 1.09 bits per heavy atom. The molecule has 0 bridgehead atoms. The lowest BCUT2D eigenvalue weighted by Gasteiger charge is -2.26. The first-order chi connectivity index (χ1) is 15.6. The van der Waals surface area contributed by atoms with Crippen LogP contribution in [0.1, 0.15) is 37.6 Å². The molecular weight excluding hydrogens is 404 g/mol. The third-order valence-corrected chi connectivity index (χ3v) is 5.63. The number of carbonyl (C=O) groups is 1. The van der Waals surface area contributed by atoms with Gasteiger partial charge in [-0.2, -0.15) is 0 Å². The minimum Gasteiger partial charge on any atom is -0.491 e. The Hall–Kier alpha value is -3.55. The number of amides is 1. The van der Waals surface area contributed by atoms with Crippen molar-refractivity contribution in [3.63, 3.8) is 0 Å². The van der Waals surface area contributed by atoms with Crippen molar-refractivity contribution in [2.75, 3.05) is 31.1 Å². The zero-order valence-electron chi connectivity index (χ0n) is 18.4. The van der Waals surface area contributed by atoms with E-state index in [4.69, 9.17) is 4.74 Å². The Labute approximate surface area is 188 Å². The number of carbonyl (C=O) groups excluding carboxylic acids is 1. The van der Waals surface area contributed by atoms with Crippen LogP contribution < -0.4 is 4.90 Å². The van der Waals surface area contributed by atoms with E-state index in [1.807, 2.05) is 25.4 Å². The number of ether oxygens (including phenoxy) is 1. The van der Waals surface area contributed by atoms with Crippen LogP contribution in [0.4, 0.5) is 5.95 Å². The minimum absolute atomic E-state index is 0.179. The van der Waals surface area contributed by atoms with E-state index in [9.17, 15) is 4.79 Å². The van der Waals surface area contributed by atoms with Gasteiger partial charge in [0.1, 0.15) is 18.2 Å². The summed E-state index contributed by atoms with van der Waals surface area (Å²) < 4.78 is 5.81. The molecule has 8 heteroatoms. The van der Waals surface area contributed by atoms with E-state index in [0.717, 1.165) is 30.2 Å². The van der Waals surface area contributed by atoms with Gasteiger partial charge in [-0.1, -0.05) is 12.7 Å². The van der Waals surface area contributed by atoms with Gasteiger partial charge in [-0.25, -0.2) is 19.9 Å². The summed E-state index contributed by atoms with van der Waals surface area (Å²) in [5.41, 5.74) is 2.22. The van der Waals surface area contributed by atoms with Crippen molar-refractivity contribution in [2.45, 2.75) is 32.7 Å². The fourth-order valence-corrected chi connectivity index (χ4v) is 3.71. The zero-order chi connectivity index (χ0) is 22.3. The summed E-state index contributed by atoms with van der Waals surface area (Å²) in [6.45, 7) is 9.12. The molecule has 0 aromatic carbocycles. The third kappa shape index (κ3) is 5.19. The smallest absolute Gasteiger partial charge is 0.257 e. The highest BCUT2D eigenvalue weighted by Crippen LogP contribution is 2.21. The summed E-state index contributed by atoms with van der Waals surface area (Å²) >= 11 is 0. The van der Waals surface area contributed by atoms with Gasteiger partial charge in [0.2, 0.25) is 5.95 Å². The third-order valence-electron chi connectivity index (χ3n) is 5.63. The molecule has 2 saturated heterocycles. The summed E-state index contributed by atoms with van der Waals surface area (Å²) in [4.78, 5) is 34.2. The Balaban J connectivity index is 1.43. The highest BCUT2D eigenvalue weighted by molar-refractivity contribution is 5.97. The first kappa shape index (κ1) is 21.7. The summed E-state index contributed by atoms with van der Waals surface area (Å²) in [6.07, 6.45) is 14.4. The molecule has 8 nitrogen and oxygen atoms in total. The molecule has 0 aliphatic carbocycles. The molecule has 0 spiro atoms. The molecule has 2 aromatic rings. The molecule has 0 radical (unpaired) electrons. The molecule has 166 valence electrons. The van der Waals surface area contributed by atoms with Crippen molar-refractivity contribution >= 4 is 17.4 Å². The highest BCUT2D eigenvalue weighted by Gasteiger charge is 2.25. The number of allylic oxidation sites excluding steroid dienone is 3. The van der Waals surface area contributed by atoms with Gasteiger partial charge in [-0.05, 0) is 43.9 Å². The number of anilines is 1. The second-order valence-electron chi connectivity index (χ2n) is 7.92. The molecule has 0 atom stereocenters. The fourth-order valence-electron chi connectivity index (χ4n) is 3.71. The van der Waals surface area contributed by atoms with Crippen molar-refractivity contribution in [1.82, 2.24) is 24.8 Å². The predicted molar refractivity (Wildman–Crippen MR) is 122 cm³/mol. The Morgan fingerprint density at radius 2 is 1.81 bits per heavy atom. The minimum atomic E-state index is -0.179. The van der Waals surface area contributed by atoms with Gasteiger partial charge < -0.3 is 14.5 Å². The van der Waals surface area contributed by atoms with Gasteiger partial charge in [-0.3, -0.25) is 4.79 Å². The molecular formula is C24H28N6O2. The Morgan fingerprint density at radius 3 is 2.53 bits per heavy atom. The standard InChI is InChI=1S/C24H28N6O2/c1-18(20-15-27-24(28-16-20)29-11-4-3-5-12-29)7-8-21-19(2)23(31)30(13-14-32-21)17-22-25-9-6-10-26-22/h6-10,15-16H,2-5,11-14,17H2,1H3/b18-7+,21-8+. The van der Waals surface area contributed by atoms with Crippen molar-refractivity contribution in [3.05, 3.63) is 72.3 Å². The zero-order valence-corrected chi connectivity index (χ0v) is 18.4. The topological polar surface area (TPSA) is 84.3 Å². The van der Waals surface area contributed by atoms with Crippen molar-refractivity contribution in [1.29, 1.82) is 0 Å². The second kappa shape index (κ2) is 10.2. The van der Waals surface area contributed by atoms with Crippen LogP contribution >= 0.6 is 0 Å². The van der Waals surface area contributed by atoms with Crippen LogP contribution in [0.2, 0.25) is 0 Å². The number of piperidine rings is 1. The summed E-state index contributed by atoms with van der Waals surface area (Å²) in [6, 6.07) is 1.75. The van der Waals surface area contributed by atoms with Gasteiger partial charge in [-0.15, -0.1) is 0 Å². The largest absolute Gasteiger partial charge is 0.491 e. The lowest BCUT2D eigenvalue weighted by molar-refractivity contribution is -0.127. The normalized spacial score (nSPS) is 19.2. The van der Waals surface area contributed by atoms with E-state index in [1.54, 1.807) is 29.4 Å². The van der Waals surface area contributed by atoms with E-state index < -0.39 is 0 Å². The number of rotatable bonds is 5. The summed E-state index contributed by atoms with van der Waals surface area (Å²) in [5.74, 6) is 1.66. The number of hydrogen-bond acceptors (Lipinski definition) is 7. The Kier molecular flexibility index (Phi) is 6.89. The maximum atomic E-state index is 12.9. The van der Waals surface area contributed by atoms with Crippen molar-refractivity contribution in [2.24, 2.45) is 0 Å². The van der Waals surface area contributed by atoms with Crippen LogP contribution in [0.3, 0.4) is 0 Å². The molecule has 2 aromatic heterocycles. The maximum absolute atomic E-state index is 12.9. The molecule has 2 aliphatic rings. The van der Waals surface area contributed by atoms with Crippen LogP contribution in [0.5, 0.6) is 0 Å². The molecule has 1 amide bonds. The maximum Gasteiger partial charge on any atom is 0.257 e. The van der Waals surface area contributed by atoms with Gasteiger partial charge in [0.15, 0.2) is 0 Å². The average Bonchev–Trinajstić information content (AvgIpc) is 2.97. The van der Waals surface area contributed by atoms with Gasteiger partial charge >= 0.3 is 0 Å². The number of nitrogens with zero attached hydrogens (tertiary/aromatic N) is 6. The first-order valence-corrected chi connectivity index (χ1v) is 10.9. The molecule has 4 heterocycles. The Bertz CT molecular complexity index is 1010. The number of aromatic nitrogens is 4. The molecule has 0 N–H and O–H groups in total. The second-order valence-corrected chi connectivity index (χ2v) is 7.92. The van der Waals surface area contributed by atoms with Gasteiger partial charge in [0.25, 0.3) is 5.91 Å². The summed E-state index contributed by atoms with van der Waals surface area (Å²) in [5, 5.41) is 0. The van der Waals surface area contributed by atoms with Crippen LogP contribution in [-0.4, -0.2) is 57.0 Å². The van der Waals surface area contributed by atoms with E-state index in [2.05, 4.69) is 31.4 Å². The molecule has 32 heavy (non-hydrogen) atoms. The monoisotopic (exact) mass is 432 g/mol. The van der Waals surface area contributed by atoms with E-state index in [0.29, 0.717) is 36.9 Å². The fraction of sp³-hybridized carbons (Fsp3) is 0.375. The van der Waals surface area contributed by atoms with Gasteiger partial charge in [0, 0.05) is 43.4 Å². The highest BCUT2D eigenvalue weighted by atomic mass is 16.5. The van der Waals surface area contributed by atoms with E-state index in [1.165, 1.54) is 19.3 Å². The first-order valence-electron chi connectivity index (χ1n) is 10.9. The number of hydrogen-bond donors (Lipinski definition) is 0. The lowest BCUT2D eigenvalue weighted by atomic mass is 10.1. The molecule has 2 aliphatic heterocycles. The van der Waals surface area contributed by atoms with Crippen molar-refractivity contribution < 1.29 is 9.53 Å². The SMILES string of the molecule is C=C1C(=O)N(Cc2ncccn2)CCO/C1=C/C=C(\C)c1cnc(N2CCCCC2)nc1. The summed E-state index contributed by atoms with van der Waals surface area (Å²) in [7, 11) is 0. The van der Waals surface area contributed by atoms with Crippen molar-refractivity contribution in [3.8, 4) is 0 Å². The van der Waals surface area contributed by atoms with E-state index >= 15 is 0 Å². The quantitative estimate of drug-likeness (QED) is 0.671. The van der Waals surface area contributed by atoms with Crippen LogP contribution in [0.15, 0.2) is 60.9 Å². The lowest BCUT2D eigenvalue weighted by Crippen LogP contribution is -2.32. The predicted octanol–water partition coefficient (Wildman–Crippen LogP) is 3.16.